The van der Waals surface area contributed by atoms with Crippen LogP contribution in [0, 0.1) is 6.92 Å². The molecule has 1 heterocycles. The molecule has 0 bridgehead atoms. The standard InChI is InChI=1S/C20H20N4O3/c1-13-5-3-8-16-18(13)22-12-24(20(16)27)10-9-17(25)23-15-7-4-6-14(11-15)19(26)21-2/h3-8,11-12H,9-10H2,1-2H3,(H,21,26)(H,23,25). The Morgan fingerprint density at radius 1 is 1.15 bits per heavy atom. The molecule has 7 heteroatoms. The maximum atomic E-state index is 12.6. The summed E-state index contributed by atoms with van der Waals surface area (Å²) in [5, 5.41) is 5.82. The van der Waals surface area contributed by atoms with E-state index in [9.17, 15) is 14.4 Å². The van der Waals surface area contributed by atoms with Crippen molar-refractivity contribution in [3.05, 3.63) is 70.3 Å². The fourth-order valence-corrected chi connectivity index (χ4v) is 2.82. The maximum absolute atomic E-state index is 12.6. The summed E-state index contributed by atoms with van der Waals surface area (Å²) >= 11 is 0. The summed E-state index contributed by atoms with van der Waals surface area (Å²) in [7, 11) is 1.55. The van der Waals surface area contributed by atoms with E-state index in [1.165, 1.54) is 10.9 Å². The number of hydrogen-bond donors (Lipinski definition) is 2. The average Bonchev–Trinajstić information content (AvgIpc) is 2.67. The van der Waals surface area contributed by atoms with Crippen molar-refractivity contribution < 1.29 is 9.59 Å². The fourth-order valence-electron chi connectivity index (χ4n) is 2.82. The number of hydrogen-bond acceptors (Lipinski definition) is 4. The molecular formula is C20H20N4O3. The summed E-state index contributed by atoms with van der Waals surface area (Å²) in [6.07, 6.45) is 1.58. The van der Waals surface area contributed by atoms with Gasteiger partial charge in [-0.2, -0.15) is 0 Å². The summed E-state index contributed by atoms with van der Waals surface area (Å²) in [4.78, 5) is 40.8. The predicted octanol–water partition coefficient (Wildman–Crippen LogP) is 2.09. The fraction of sp³-hybridized carbons (Fsp3) is 0.200. The van der Waals surface area contributed by atoms with Crippen LogP contribution in [0.2, 0.25) is 0 Å². The summed E-state index contributed by atoms with van der Waals surface area (Å²) in [6, 6.07) is 12.1. The highest BCUT2D eigenvalue weighted by atomic mass is 16.2. The number of amides is 2. The zero-order valence-electron chi connectivity index (χ0n) is 15.2. The highest BCUT2D eigenvalue weighted by Gasteiger charge is 2.09. The number of para-hydroxylation sites is 1. The van der Waals surface area contributed by atoms with Crippen LogP contribution in [0.15, 0.2) is 53.6 Å². The van der Waals surface area contributed by atoms with E-state index in [1.54, 1.807) is 37.4 Å². The van der Waals surface area contributed by atoms with Gasteiger partial charge in [0.05, 0.1) is 17.2 Å². The van der Waals surface area contributed by atoms with Gasteiger partial charge in [0.15, 0.2) is 0 Å². The molecule has 0 saturated heterocycles. The number of nitrogens with zero attached hydrogens (tertiary/aromatic N) is 2. The summed E-state index contributed by atoms with van der Waals surface area (Å²) in [6.45, 7) is 2.12. The third-order valence-electron chi connectivity index (χ3n) is 4.27. The molecule has 1 aromatic heterocycles. The molecule has 7 nitrogen and oxygen atoms in total. The molecule has 0 saturated carbocycles. The monoisotopic (exact) mass is 364 g/mol. The number of anilines is 1. The van der Waals surface area contributed by atoms with Crippen LogP contribution in [0.3, 0.4) is 0 Å². The van der Waals surface area contributed by atoms with E-state index >= 15 is 0 Å². The van der Waals surface area contributed by atoms with Crippen molar-refractivity contribution in [3.63, 3.8) is 0 Å². The molecule has 3 rings (SSSR count). The van der Waals surface area contributed by atoms with Gasteiger partial charge in [0.1, 0.15) is 0 Å². The van der Waals surface area contributed by atoms with Crippen molar-refractivity contribution in [2.45, 2.75) is 19.9 Å². The van der Waals surface area contributed by atoms with E-state index in [-0.39, 0.29) is 30.3 Å². The third kappa shape index (κ3) is 4.03. The molecule has 0 atom stereocenters. The predicted molar refractivity (Wildman–Crippen MR) is 104 cm³/mol. The number of aryl methyl sites for hydroxylation is 2. The lowest BCUT2D eigenvalue weighted by Crippen LogP contribution is -2.24. The normalized spacial score (nSPS) is 10.6. The van der Waals surface area contributed by atoms with Gasteiger partial charge in [-0.1, -0.05) is 18.2 Å². The molecule has 0 aliphatic heterocycles. The largest absolute Gasteiger partial charge is 0.355 e. The molecule has 3 aromatic rings. The van der Waals surface area contributed by atoms with Gasteiger partial charge in [-0.05, 0) is 36.8 Å². The molecule has 27 heavy (non-hydrogen) atoms. The minimum Gasteiger partial charge on any atom is -0.355 e. The topological polar surface area (TPSA) is 93.1 Å². The Bertz CT molecular complexity index is 1070. The van der Waals surface area contributed by atoms with Crippen LogP contribution in [-0.4, -0.2) is 28.4 Å². The first-order valence-electron chi connectivity index (χ1n) is 8.56. The summed E-state index contributed by atoms with van der Waals surface area (Å²) in [5.74, 6) is -0.476. The Balaban J connectivity index is 1.70. The maximum Gasteiger partial charge on any atom is 0.261 e. The smallest absolute Gasteiger partial charge is 0.261 e. The van der Waals surface area contributed by atoms with E-state index < -0.39 is 0 Å². The third-order valence-corrected chi connectivity index (χ3v) is 4.27. The molecule has 2 aromatic carbocycles. The van der Waals surface area contributed by atoms with Crippen LogP contribution >= 0.6 is 0 Å². The second-order valence-corrected chi connectivity index (χ2v) is 6.17. The van der Waals surface area contributed by atoms with Crippen LogP contribution in [0.25, 0.3) is 10.9 Å². The van der Waals surface area contributed by atoms with Crippen LogP contribution in [0.5, 0.6) is 0 Å². The summed E-state index contributed by atoms with van der Waals surface area (Å²) in [5.41, 5.74) is 2.43. The second-order valence-electron chi connectivity index (χ2n) is 6.17. The number of carbonyl (C=O) groups excluding carboxylic acids is 2. The SMILES string of the molecule is CNC(=O)c1cccc(NC(=O)CCn2cnc3c(C)cccc3c2=O)c1. The van der Waals surface area contributed by atoms with E-state index in [1.807, 2.05) is 19.1 Å². The zero-order valence-corrected chi connectivity index (χ0v) is 15.2. The van der Waals surface area contributed by atoms with Crippen molar-refractivity contribution in [3.8, 4) is 0 Å². The number of fused-ring (bicyclic) bond motifs is 1. The van der Waals surface area contributed by atoms with E-state index in [2.05, 4.69) is 15.6 Å². The van der Waals surface area contributed by atoms with E-state index in [0.717, 1.165) is 5.56 Å². The number of benzene rings is 2. The van der Waals surface area contributed by atoms with Crippen LogP contribution in [-0.2, 0) is 11.3 Å². The first-order valence-corrected chi connectivity index (χ1v) is 8.56. The number of rotatable bonds is 5. The second kappa shape index (κ2) is 7.82. The van der Waals surface area contributed by atoms with Crippen molar-refractivity contribution in [1.82, 2.24) is 14.9 Å². The lowest BCUT2D eigenvalue weighted by molar-refractivity contribution is -0.116. The Labute approximate surface area is 156 Å². The number of carbonyl (C=O) groups is 2. The quantitative estimate of drug-likeness (QED) is 0.725. The first kappa shape index (κ1) is 18.3. The van der Waals surface area contributed by atoms with Gasteiger partial charge < -0.3 is 10.6 Å². The van der Waals surface area contributed by atoms with Crippen LogP contribution < -0.4 is 16.2 Å². The lowest BCUT2D eigenvalue weighted by atomic mass is 10.1. The molecule has 0 aliphatic rings. The lowest BCUT2D eigenvalue weighted by Gasteiger charge is -2.09. The van der Waals surface area contributed by atoms with Gasteiger partial charge in [-0.15, -0.1) is 0 Å². The van der Waals surface area contributed by atoms with Crippen LogP contribution in [0.1, 0.15) is 22.3 Å². The van der Waals surface area contributed by atoms with Crippen molar-refractivity contribution in [1.29, 1.82) is 0 Å². The van der Waals surface area contributed by atoms with Gasteiger partial charge in [0.2, 0.25) is 5.91 Å². The Morgan fingerprint density at radius 3 is 2.70 bits per heavy atom. The van der Waals surface area contributed by atoms with Gasteiger partial charge >= 0.3 is 0 Å². The minimum absolute atomic E-state index is 0.114. The molecule has 0 radical (unpaired) electrons. The number of aromatic nitrogens is 2. The Morgan fingerprint density at radius 2 is 1.93 bits per heavy atom. The van der Waals surface area contributed by atoms with Crippen molar-refractivity contribution in [2.24, 2.45) is 0 Å². The zero-order chi connectivity index (χ0) is 19.4. The molecule has 0 spiro atoms. The van der Waals surface area contributed by atoms with E-state index in [4.69, 9.17) is 0 Å². The molecule has 2 N–H and O–H groups in total. The molecule has 0 aliphatic carbocycles. The molecule has 0 fully saturated rings. The van der Waals surface area contributed by atoms with E-state index in [0.29, 0.717) is 22.2 Å². The van der Waals surface area contributed by atoms with Crippen molar-refractivity contribution >= 4 is 28.4 Å². The molecular weight excluding hydrogens is 344 g/mol. The average molecular weight is 364 g/mol. The van der Waals surface area contributed by atoms with Crippen LogP contribution in [0.4, 0.5) is 5.69 Å². The molecule has 2 amide bonds. The van der Waals surface area contributed by atoms with Gasteiger partial charge in [-0.25, -0.2) is 4.98 Å². The first-order chi connectivity index (χ1) is 13.0. The summed E-state index contributed by atoms with van der Waals surface area (Å²) < 4.78 is 1.43. The minimum atomic E-state index is -0.250. The van der Waals surface area contributed by atoms with Crippen molar-refractivity contribution in [2.75, 3.05) is 12.4 Å². The number of nitrogens with one attached hydrogen (secondary N) is 2. The Kier molecular flexibility index (Phi) is 5.30. The highest BCUT2D eigenvalue weighted by Crippen LogP contribution is 2.12. The van der Waals surface area contributed by atoms with Gasteiger partial charge in [-0.3, -0.25) is 19.0 Å². The molecule has 0 unspecified atom stereocenters. The van der Waals surface area contributed by atoms with Gasteiger partial charge in [0.25, 0.3) is 11.5 Å². The Hall–Kier alpha value is -3.48. The van der Waals surface area contributed by atoms with Gasteiger partial charge in [0, 0.05) is 31.3 Å². The molecule has 138 valence electrons. The highest BCUT2D eigenvalue weighted by molar-refractivity contribution is 5.97.